The zero-order valence-electron chi connectivity index (χ0n) is 13.7. The van der Waals surface area contributed by atoms with Gasteiger partial charge in [-0.25, -0.2) is 0 Å². The first-order chi connectivity index (χ1) is 11.7. The fraction of sp³-hybridized carbons (Fsp3) is 0.500. The summed E-state index contributed by atoms with van der Waals surface area (Å²) in [5, 5.41) is 14.7. The predicted molar refractivity (Wildman–Crippen MR) is 92.3 cm³/mol. The molecule has 126 valence electrons. The highest BCUT2D eigenvalue weighted by atomic mass is 32.1. The molecular formula is C18H21N3O2S. The van der Waals surface area contributed by atoms with Gasteiger partial charge in [0.05, 0.1) is 11.8 Å². The molecule has 1 saturated heterocycles. The van der Waals surface area contributed by atoms with E-state index in [0.717, 1.165) is 31.4 Å². The Kier molecular flexibility index (Phi) is 3.89. The van der Waals surface area contributed by atoms with Crippen molar-refractivity contribution in [3.05, 3.63) is 46.0 Å². The van der Waals surface area contributed by atoms with Gasteiger partial charge in [0, 0.05) is 18.5 Å². The number of fused-ring (bicyclic) bond motifs is 2. The fourth-order valence-electron chi connectivity index (χ4n) is 4.22. The Labute approximate surface area is 145 Å². The SMILES string of the molecule is CCc1nnsc1C(=O)N1CCC2(CC1)c1ccccc1C[C@@H]2O. The summed E-state index contributed by atoms with van der Waals surface area (Å²) < 4.78 is 3.93. The minimum absolute atomic E-state index is 0.0393. The number of nitrogens with zero attached hydrogens (tertiary/aromatic N) is 3. The van der Waals surface area contributed by atoms with E-state index in [9.17, 15) is 9.90 Å². The summed E-state index contributed by atoms with van der Waals surface area (Å²) in [6.07, 6.45) is 2.72. The molecule has 0 saturated carbocycles. The maximum Gasteiger partial charge on any atom is 0.267 e. The zero-order chi connectivity index (χ0) is 16.7. The molecule has 2 heterocycles. The molecule has 2 aromatic rings. The van der Waals surface area contributed by atoms with E-state index in [-0.39, 0.29) is 17.4 Å². The van der Waals surface area contributed by atoms with Crippen molar-refractivity contribution in [3.8, 4) is 0 Å². The smallest absolute Gasteiger partial charge is 0.267 e. The summed E-state index contributed by atoms with van der Waals surface area (Å²) >= 11 is 1.19. The van der Waals surface area contributed by atoms with Crippen LogP contribution in [0.1, 0.15) is 46.3 Å². The molecule has 4 rings (SSSR count). The van der Waals surface area contributed by atoms with Crippen LogP contribution in [0.4, 0.5) is 0 Å². The Balaban J connectivity index is 1.54. The highest BCUT2D eigenvalue weighted by molar-refractivity contribution is 7.08. The number of amides is 1. The zero-order valence-corrected chi connectivity index (χ0v) is 14.6. The molecule has 0 bridgehead atoms. The maximum atomic E-state index is 12.8. The quantitative estimate of drug-likeness (QED) is 0.908. The second kappa shape index (κ2) is 5.93. The summed E-state index contributed by atoms with van der Waals surface area (Å²) in [6, 6.07) is 8.34. The van der Waals surface area contributed by atoms with E-state index in [1.165, 1.54) is 22.7 Å². The lowest BCUT2D eigenvalue weighted by Crippen LogP contribution is -2.49. The molecule has 24 heavy (non-hydrogen) atoms. The van der Waals surface area contributed by atoms with Crippen molar-refractivity contribution in [1.82, 2.24) is 14.5 Å². The number of benzene rings is 1. The highest BCUT2D eigenvalue weighted by Crippen LogP contribution is 2.46. The third-order valence-electron chi connectivity index (χ3n) is 5.63. The van der Waals surface area contributed by atoms with Gasteiger partial charge >= 0.3 is 0 Å². The lowest BCUT2D eigenvalue weighted by molar-refractivity contribution is 0.0367. The number of aromatic nitrogens is 2. The molecule has 2 aliphatic rings. The van der Waals surface area contributed by atoms with Gasteiger partial charge < -0.3 is 10.0 Å². The van der Waals surface area contributed by atoms with Crippen LogP contribution in [0.3, 0.4) is 0 Å². The monoisotopic (exact) mass is 343 g/mol. The van der Waals surface area contributed by atoms with Gasteiger partial charge in [0.25, 0.3) is 5.91 Å². The number of aliphatic hydroxyl groups excluding tert-OH is 1. The normalized spacial score (nSPS) is 21.9. The molecule has 0 unspecified atom stereocenters. The summed E-state index contributed by atoms with van der Waals surface area (Å²) in [5.74, 6) is 0.0393. The molecule has 0 radical (unpaired) electrons. The number of carbonyl (C=O) groups excluding carboxylic acids is 1. The van der Waals surface area contributed by atoms with Crippen molar-refractivity contribution in [2.75, 3.05) is 13.1 Å². The first kappa shape index (κ1) is 15.7. The molecule has 1 aromatic heterocycles. The third-order valence-corrected chi connectivity index (χ3v) is 6.39. The molecule has 1 spiro atoms. The molecule has 1 fully saturated rings. The van der Waals surface area contributed by atoms with E-state index in [1.807, 2.05) is 24.0 Å². The highest BCUT2D eigenvalue weighted by Gasteiger charge is 2.48. The van der Waals surface area contributed by atoms with Crippen LogP contribution >= 0.6 is 11.5 Å². The molecule has 5 nitrogen and oxygen atoms in total. The second-order valence-corrected chi connectivity index (χ2v) is 7.48. The molecule has 6 heteroatoms. The predicted octanol–water partition coefficient (Wildman–Crippen LogP) is 2.19. The van der Waals surface area contributed by atoms with E-state index >= 15 is 0 Å². The van der Waals surface area contributed by atoms with Crippen LogP contribution in [0.15, 0.2) is 24.3 Å². The number of rotatable bonds is 2. The van der Waals surface area contributed by atoms with Crippen LogP contribution in [0.25, 0.3) is 0 Å². The number of piperidine rings is 1. The average molecular weight is 343 g/mol. The largest absolute Gasteiger partial charge is 0.392 e. The van der Waals surface area contributed by atoms with Crippen LogP contribution in [-0.2, 0) is 18.3 Å². The average Bonchev–Trinajstić information content (AvgIpc) is 3.19. The van der Waals surface area contributed by atoms with E-state index < -0.39 is 0 Å². The molecular weight excluding hydrogens is 322 g/mol. The Morgan fingerprint density at radius 2 is 2.12 bits per heavy atom. The molecule has 1 aliphatic carbocycles. The standard InChI is InChI=1S/C18H21N3O2S/c1-2-14-16(24-20-19-14)17(23)21-9-7-18(8-10-21)13-6-4-3-5-12(13)11-15(18)22/h3-6,15,22H,2,7-11H2,1H3/t15-/m0/s1. The van der Waals surface area contributed by atoms with Crippen molar-refractivity contribution in [2.45, 2.75) is 44.1 Å². The summed E-state index contributed by atoms with van der Waals surface area (Å²) in [5.41, 5.74) is 3.13. The minimum Gasteiger partial charge on any atom is -0.392 e. The Hall–Kier alpha value is -1.79. The second-order valence-electron chi connectivity index (χ2n) is 6.73. The topological polar surface area (TPSA) is 66.3 Å². The van der Waals surface area contributed by atoms with Crippen LogP contribution in [0, 0.1) is 0 Å². The first-order valence-corrected chi connectivity index (χ1v) is 9.30. The van der Waals surface area contributed by atoms with Gasteiger partial charge in [-0.05, 0) is 48.3 Å². The summed E-state index contributed by atoms with van der Waals surface area (Å²) in [6.45, 7) is 3.33. The molecule has 1 N–H and O–H groups in total. The number of aliphatic hydroxyl groups is 1. The summed E-state index contributed by atoms with van der Waals surface area (Å²) in [4.78, 5) is 15.3. The fourth-order valence-corrected chi connectivity index (χ4v) is 4.94. The van der Waals surface area contributed by atoms with E-state index in [1.54, 1.807) is 0 Å². The first-order valence-electron chi connectivity index (χ1n) is 8.52. The van der Waals surface area contributed by atoms with Gasteiger partial charge in [0.2, 0.25) is 0 Å². The number of hydrogen-bond donors (Lipinski definition) is 1. The Bertz CT molecular complexity index is 765. The van der Waals surface area contributed by atoms with Gasteiger partial charge in [-0.2, -0.15) is 0 Å². The molecule has 1 aliphatic heterocycles. The van der Waals surface area contributed by atoms with Crippen molar-refractivity contribution in [3.63, 3.8) is 0 Å². The van der Waals surface area contributed by atoms with Crippen molar-refractivity contribution in [2.24, 2.45) is 0 Å². The van der Waals surface area contributed by atoms with Crippen molar-refractivity contribution >= 4 is 17.4 Å². The molecule has 1 amide bonds. The van der Waals surface area contributed by atoms with Crippen LogP contribution in [0.5, 0.6) is 0 Å². The maximum absolute atomic E-state index is 12.8. The Morgan fingerprint density at radius 3 is 2.88 bits per heavy atom. The number of aryl methyl sites for hydroxylation is 1. The molecule has 1 aromatic carbocycles. The van der Waals surface area contributed by atoms with Gasteiger partial charge in [-0.3, -0.25) is 4.79 Å². The van der Waals surface area contributed by atoms with Gasteiger partial charge in [0.15, 0.2) is 0 Å². The lowest BCUT2D eigenvalue weighted by Gasteiger charge is -2.42. The van der Waals surface area contributed by atoms with Crippen LogP contribution in [-0.4, -0.2) is 44.7 Å². The van der Waals surface area contributed by atoms with Gasteiger partial charge in [0.1, 0.15) is 4.88 Å². The van der Waals surface area contributed by atoms with Gasteiger partial charge in [-0.1, -0.05) is 35.7 Å². The third kappa shape index (κ3) is 2.28. The number of hydrogen-bond acceptors (Lipinski definition) is 5. The molecule has 1 atom stereocenters. The van der Waals surface area contributed by atoms with Crippen LogP contribution in [0.2, 0.25) is 0 Å². The van der Waals surface area contributed by atoms with Gasteiger partial charge in [-0.15, -0.1) is 5.10 Å². The van der Waals surface area contributed by atoms with E-state index in [4.69, 9.17) is 0 Å². The summed E-state index contributed by atoms with van der Waals surface area (Å²) in [7, 11) is 0. The van der Waals surface area contributed by atoms with E-state index in [2.05, 4.69) is 21.7 Å². The van der Waals surface area contributed by atoms with Crippen LogP contribution < -0.4 is 0 Å². The number of carbonyl (C=O) groups is 1. The number of likely N-dealkylation sites (tertiary alicyclic amines) is 1. The van der Waals surface area contributed by atoms with E-state index in [0.29, 0.717) is 18.0 Å². The Morgan fingerprint density at radius 1 is 1.38 bits per heavy atom. The van der Waals surface area contributed by atoms with Crippen molar-refractivity contribution < 1.29 is 9.90 Å². The lowest BCUT2D eigenvalue weighted by atomic mass is 9.72. The minimum atomic E-state index is -0.344. The van der Waals surface area contributed by atoms with Crippen molar-refractivity contribution in [1.29, 1.82) is 0 Å².